The van der Waals surface area contributed by atoms with Gasteiger partial charge >= 0.3 is 0 Å². The van der Waals surface area contributed by atoms with E-state index in [-0.39, 0.29) is 18.2 Å². The van der Waals surface area contributed by atoms with Crippen LogP contribution < -0.4 is 15.5 Å². The summed E-state index contributed by atoms with van der Waals surface area (Å²) in [5, 5.41) is 6.69. The van der Waals surface area contributed by atoms with E-state index >= 15 is 0 Å². The molecule has 1 amide bonds. The van der Waals surface area contributed by atoms with Crippen molar-refractivity contribution in [2.45, 2.75) is 11.5 Å². The maximum Gasteiger partial charge on any atom is 0.284 e. The molecule has 2 N–H and O–H groups in total. The first-order valence-electron chi connectivity index (χ1n) is 7.25. The zero-order valence-corrected chi connectivity index (χ0v) is 14.2. The molecule has 0 aliphatic heterocycles. The van der Waals surface area contributed by atoms with Gasteiger partial charge in [0.05, 0.1) is 25.6 Å². The number of amides is 1. The molecule has 0 fully saturated rings. The number of furan rings is 1. The Morgan fingerprint density at radius 3 is 3.00 bits per heavy atom. The van der Waals surface area contributed by atoms with Crippen molar-refractivity contribution in [3.05, 3.63) is 47.9 Å². The minimum Gasteiger partial charge on any atom is -0.497 e. The minimum atomic E-state index is -2.45. The SMILES string of the molecule is COc1cccc(NCC(=O)N/N=C\c2ccc(CSC(F)F)o2)c1. The van der Waals surface area contributed by atoms with Crippen LogP contribution in [0.3, 0.4) is 0 Å². The van der Waals surface area contributed by atoms with Crippen LogP contribution >= 0.6 is 11.8 Å². The minimum absolute atomic E-state index is 0.0267. The Bertz CT molecular complexity index is 722. The highest BCUT2D eigenvalue weighted by atomic mass is 32.2. The molecule has 2 aromatic rings. The molecule has 1 aromatic carbocycles. The Morgan fingerprint density at radius 1 is 1.40 bits per heavy atom. The standard InChI is InChI=1S/C16H17F2N3O3S/c1-23-12-4-2-3-11(7-12)19-9-15(22)21-20-8-13-5-6-14(24-13)10-25-16(17)18/h2-8,16,19H,9-10H2,1H3,(H,21,22)/b20-8-. The number of carbonyl (C=O) groups excluding carboxylic acids is 1. The molecule has 0 saturated heterocycles. The number of thioether (sulfide) groups is 1. The predicted molar refractivity (Wildman–Crippen MR) is 93.2 cm³/mol. The lowest BCUT2D eigenvalue weighted by Crippen LogP contribution is -2.25. The van der Waals surface area contributed by atoms with Crippen LogP contribution in [-0.2, 0) is 10.5 Å². The number of ether oxygens (including phenoxy) is 1. The maximum absolute atomic E-state index is 12.1. The number of nitrogens with one attached hydrogen (secondary N) is 2. The highest BCUT2D eigenvalue weighted by Gasteiger charge is 2.06. The number of benzene rings is 1. The summed E-state index contributed by atoms with van der Waals surface area (Å²) < 4.78 is 34.6. The van der Waals surface area contributed by atoms with E-state index in [1.165, 1.54) is 6.21 Å². The van der Waals surface area contributed by atoms with Crippen molar-refractivity contribution in [2.75, 3.05) is 19.0 Å². The quantitative estimate of drug-likeness (QED) is 0.524. The van der Waals surface area contributed by atoms with Crippen molar-refractivity contribution < 1.29 is 22.7 Å². The van der Waals surface area contributed by atoms with Gasteiger partial charge in [0.15, 0.2) is 0 Å². The van der Waals surface area contributed by atoms with Gasteiger partial charge in [-0.05, 0) is 24.3 Å². The molecule has 0 atom stereocenters. The summed E-state index contributed by atoms with van der Waals surface area (Å²) in [6.07, 6.45) is 1.31. The van der Waals surface area contributed by atoms with Crippen LogP contribution in [-0.4, -0.2) is 31.5 Å². The van der Waals surface area contributed by atoms with E-state index in [1.54, 1.807) is 43.5 Å². The van der Waals surface area contributed by atoms with Crippen LogP contribution in [0.4, 0.5) is 14.5 Å². The van der Waals surface area contributed by atoms with Crippen molar-refractivity contribution in [1.29, 1.82) is 0 Å². The number of methoxy groups -OCH3 is 1. The zero-order chi connectivity index (χ0) is 18.1. The Labute approximate surface area is 147 Å². The molecule has 1 aromatic heterocycles. The Balaban J connectivity index is 1.74. The number of hydrazone groups is 1. The molecule has 1 heterocycles. The molecule has 134 valence electrons. The fourth-order valence-electron chi connectivity index (χ4n) is 1.81. The molecule has 0 aliphatic rings. The van der Waals surface area contributed by atoms with E-state index in [2.05, 4.69) is 15.8 Å². The molecule has 9 heteroatoms. The third kappa shape index (κ3) is 6.84. The van der Waals surface area contributed by atoms with Crippen LogP contribution in [0, 0.1) is 0 Å². The summed E-state index contributed by atoms with van der Waals surface area (Å²) in [5.41, 5.74) is 3.08. The number of halogens is 2. The number of rotatable bonds is 9. The molecular weight excluding hydrogens is 352 g/mol. The lowest BCUT2D eigenvalue weighted by Gasteiger charge is -2.06. The van der Waals surface area contributed by atoms with Gasteiger partial charge < -0.3 is 14.5 Å². The number of nitrogens with zero attached hydrogens (tertiary/aromatic N) is 1. The second kappa shape index (κ2) is 9.67. The van der Waals surface area contributed by atoms with Crippen molar-refractivity contribution in [3.8, 4) is 5.75 Å². The van der Waals surface area contributed by atoms with Gasteiger partial charge in [0.1, 0.15) is 17.3 Å². The first-order valence-corrected chi connectivity index (χ1v) is 8.30. The van der Waals surface area contributed by atoms with E-state index in [9.17, 15) is 13.6 Å². The van der Waals surface area contributed by atoms with Gasteiger partial charge in [-0.2, -0.15) is 13.9 Å². The first kappa shape index (κ1) is 18.8. The molecular formula is C16H17F2N3O3S. The summed E-state index contributed by atoms with van der Waals surface area (Å²) in [6, 6.07) is 10.3. The predicted octanol–water partition coefficient (Wildman–Crippen LogP) is 3.31. The van der Waals surface area contributed by atoms with Crippen molar-refractivity contribution in [2.24, 2.45) is 5.10 Å². The maximum atomic E-state index is 12.1. The lowest BCUT2D eigenvalue weighted by atomic mass is 10.3. The van der Waals surface area contributed by atoms with Crippen LogP contribution in [0.5, 0.6) is 5.75 Å². The fourth-order valence-corrected chi connectivity index (χ4v) is 2.25. The molecule has 0 spiro atoms. The topological polar surface area (TPSA) is 75.9 Å². The van der Waals surface area contributed by atoms with Crippen LogP contribution in [0.2, 0.25) is 0 Å². The second-order valence-electron chi connectivity index (χ2n) is 4.75. The zero-order valence-electron chi connectivity index (χ0n) is 13.4. The van der Waals surface area contributed by atoms with E-state index in [0.29, 0.717) is 29.0 Å². The third-order valence-corrected chi connectivity index (χ3v) is 3.64. The molecule has 0 bridgehead atoms. The van der Waals surface area contributed by atoms with Crippen molar-refractivity contribution in [3.63, 3.8) is 0 Å². The molecule has 0 unspecified atom stereocenters. The molecule has 25 heavy (non-hydrogen) atoms. The highest BCUT2D eigenvalue weighted by molar-refractivity contribution is 7.98. The van der Waals surface area contributed by atoms with Gasteiger partial charge in [-0.3, -0.25) is 4.79 Å². The van der Waals surface area contributed by atoms with Gasteiger partial charge in [-0.25, -0.2) is 5.43 Å². The number of carbonyl (C=O) groups is 1. The number of alkyl halides is 2. The normalized spacial score (nSPS) is 11.0. The average molecular weight is 369 g/mol. The summed E-state index contributed by atoms with van der Waals surface area (Å²) in [4.78, 5) is 11.7. The van der Waals surface area contributed by atoms with Gasteiger partial charge in [-0.15, -0.1) is 0 Å². The molecule has 6 nitrogen and oxygen atoms in total. The second-order valence-corrected chi connectivity index (χ2v) is 5.73. The Morgan fingerprint density at radius 2 is 2.24 bits per heavy atom. The van der Waals surface area contributed by atoms with Crippen LogP contribution in [0.15, 0.2) is 45.9 Å². The van der Waals surface area contributed by atoms with Gasteiger partial charge in [0.25, 0.3) is 11.7 Å². The largest absolute Gasteiger partial charge is 0.497 e. The van der Waals surface area contributed by atoms with E-state index < -0.39 is 5.76 Å². The number of hydrogen-bond acceptors (Lipinski definition) is 6. The molecule has 0 aliphatic carbocycles. The number of hydrogen-bond donors (Lipinski definition) is 2. The van der Waals surface area contributed by atoms with E-state index in [1.807, 2.05) is 0 Å². The summed E-state index contributed by atoms with van der Waals surface area (Å²) in [5.74, 6) is -1.26. The van der Waals surface area contributed by atoms with Gasteiger partial charge in [0, 0.05) is 11.8 Å². The fraction of sp³-hybridized carbons (Fsp3) is 0.250. The Hall–Kier alpha value is -2.55. The summed E-state index contributed by atoms with van der Waals surface area (Å²) in [7, 11) is 1.56. The summed E-state index contributed by atoms with van der Waals surface area (Å²) >= 11 is 0.475. The molecule has 2 rings (SSSR count). The lowest BCUT2D eigenvalue weighted by molar-refractivity contribution is -0.119. The van der Waals surface area contributed by atoms with Crippen LogP contribution in [0.1, 0.15) is 11.5 Å². The van der Waals surface area contributed by atoms with E-state index in [0.717, 1.165) is 5.69 Å². The smallest absolute Gasteiger partial charge is 0.284 e. The Kier molecular flexibility index (Phi) is 7.27. The highest BCUT2D eigenvalue weighted by Crippen LogP contribution is 2.20. The number of anilines is 1. The van der Waals surface area contributed by atoms with Crippen LogP contribution in [0.25, 0.3) is 0 Å². The van der Waals surface area contributed by atoms with Crippen molar-refractivity contribution >= 4 is 29.6 Å². The van der Waals surface area contributed by atoms with Gasteiger partial charge in [-0.1, -0.05) is 17.8 Å². The van der Waals surface area contributed by atoms with Crippen molar-refractivity contribution in [1.82, 2.24) is 5.43 Å². The summed E-state index contributed by atoms with van der Waals surface area (Å²) in [6.45, 7) is 0.0267. The molecule has 0 radical (unpaired) electrons. The first-order chi connectivity index (χ1) is 12.1. The van der Waals surface area contributed by atoms with E-state index in [4.69, 9.17) is 9.15 Å². The monoisotopic (exact) mass is 369 g/mol. The third-order valence-electron chi connectivity index (χ3n) is 2.94. The average Bonchev–Trinajstić information content (AvgIpc) is 3.06. The molecule has 0 saturated carbocycles. The van der Waals surface area contributed by atoms with Gasteiger partial charge in [0.2, 0.25) is 0 Å².